The lowest BCUT2D eigenvalue weighted by molar-refractivity contribution is -0.113. The van der Waals surface area contributed by atoms with Gasteiger partial charge in [0.1, 0.15) is 11.4 Å². The first-order valence-electron chi connectivity index (χ1n) is 8.84. The Morgan fingerprint density at radius 2 is 2.00 bits per heavy atom. The zero-order chi connectivity index (χ0) is 20.4. The number of nitrogens with one attached hydrogen (secondary N) is 1. The van der Waals surface area contributed by atoms with Gasteiger partial charge in [-0.2, -0.15) is 0 Å². The molecule has 1 N–H and O–H groups in total. The topological polar surface area (TPSA) is 73.0 Å². The van der Waals surface area contributed by atoms with Crippen molar-refractivity contribution < 1.29 is 13.6 Å². The third-order valence-corrected chi connectivity index (χ3v) is 5.65. The summed E-state index contributed by atoms with van der Waals surface area (Å²) in [5.74, 6) is 0.834. The van der Waals surface area contributed by atoms with Crippen LogP contribution in [-0.4, -0.2) is 26.4 Å². The molecule has 0 saturated heterocycles. The molecule has 9 heteroatoms. The fourth-order valence-corrected chi connectivity index (χ4v) is 4.03. The van der Waals surface area contributed by atoms with Crippen LogP contribution in [0.15, 0.2) is 62.6 Å². The molecule has 4 rings (SSSR count). The fraction of sp³-hybridized carbons (Fsp3) is 0.150. The molecule has 2 heterocycles. The summed E-state index contributed by atoms with van der Waals surface area (Å²) in [5, 5.41) is 12.8. The number of benzene rings is 2. The number of amides is 1. The second kappa shape index (κ2) is 8.38. The highest BCUT2D eigenvalue weighted by atomic mass is 79.9. The third kappa shape index (κ3) is 4.35. The molecule has 0 aliphatic rings. The second-order valence-electron chi connectivity index (χ2n) is 6.19. The quantitative estimate of drug-likeness (QED) is 0.381. The number of furan rings is 1. The number of aromatic nitrogens is 3. The van der Waals surface area contributed by atoms with Gasteiger partial charge in [-0.1, -0.05) is 27.7 Å². The van der Waals surface area contributed by atoms with Gasteiger partial charge in [0.05, 0.1) is 5.75 Å². The molecule has 0 spiro atoms. The lowest BCUT2D eigenvalue weighted by atomic mass is 10.2. The summed E-state index contributed by atoms with van der Waals surface area (Å²) in [6.45, 7) is 2.61. The van der Waals surface area contributed by atoms with Crippen molar-refractivity contribution in [3.05, 3.63) is 58.8 Å². The number of carbonyl (C=O) groups excluding carboxylic acids is 1. The molecule has 0 aliphatic carbocycles. The number of hydrogen-bond donors (Lipinski definition) is 1. The van der Waals surface area contributed by atoms with Crippen LogP contribution in [0, 0.1) is 5.82 Å². The van der Waals surface area contributed by atoms with E-state index in [1.807, 2.05) is 35.8 Å². The molecule has 0 radical (unpaired) electrons. The zero-order valence-electron chi connectivity index (χ0n) is 15.4. The van der Waals surface area contributed by atoms with E-state index in [4.69, 9.17) is 4.42 Å². The average Bonchev–Trinajstić information content (AvgIpc) is 3.31. The van der Waals surface area contributed by atoms with Crippen LogP contribution in [0.4, 0.5) is 10.1 Å². The molecular weight excluding hydrogens is 459 g/mol. The van der Waals surface area contributed by atoms with Gasteiger partial charge in [-0.25, -0.2) is 4.39 Å². The van der Waals surface area contributed by atoms with Gasteiger partial charge in [-0.05, 0) is 55.5 Å². The Morgan fingerprint density at radius 1 is 1.21 bits per heavy atom. The normalized spacial score (nSPS) is 11.1. The summed E-state index contributed by atoms with van der Waals surface area (Å²) < 4.78 is 21.8. The lowest BCUT2D eigenvalue weighted by Gasteiger charge is -2.07. The molecule has 6 nitrogen and oxygen atoms in total. The van der Waals surface area contributed by atoms with E-state index in [0.29, 0.717) is 29.0 Å². The molecule has 0 unspecified atom stereocenters. The summed E-state index contributed by atoms with van der Waals surface area (Å²) in [6.07, 6.45) is 0. The van der Waals surface area contributed by atoms with Gasteiger partial charge in [0.15, 0.2) is 10.9 Å². The number of nitrogens with zero attached hydrogens (tertiary/aromatic N) is 3. The third-order valence-electron chi connectivity index (χ3n) is 4.19. The summed E-state index contributed by atoms with van der Waals surface area (Å²) in [5.41, 5.74) is 1.31. The van der Waals surface area contributed by atoms with Crippen LogP contribution in [-0.2, 0) is 11.3 Å². The number of thioether (sulfide) groups is 1. The van der Waals surface area contributed by atoms with Crippen molar-refractivity contribution in [1.29, 1.82) is 0 Å². The maximum atomic E-state index is 13.0. The van der Waals surface area contributed by atoms with E-state index in [0.717, 1.165) is 15.4 Å². The van der Waals surface area contributed by atoms with Crippen molar-refractivity contribution in [3.63, 3.8) is 0 Å². The van der Waals surface area contributed by atoms with E-state index in [9.17, 15) is 9.18 Å². The monoisotopic (exact) mass is 474 g/mol. The number of rotatable bonds is 6. The summed E-state index contributed by atoms with van der Waals surface area (Å²) in [7, 11) is 0. The Labute approximate surface area is 178 Å². The number of carbonyl (C=O) groups is 1. The van der Waals surface area contributed by atoms with Crippen molar-refractivity contribution >= 4 is 50.3 Å². The molecule has 4 aromatic rings. The molecule has 0 fully saturated rings. The van der Waals surface area contributed by atoms with Crippen LogP contribution in [0.5, 0.6) is 0 Å². The van der Waals surface area contributed by atoms with E-state index in [-0.39, 0.29) is 17.5 Å². The minimum Gasteiger partial charge on any atom is -0.453 e. The van der Waals surface area contributed by atoms with Gasteiger partial charge in [-0.3, -0.25) is 9.36 Å². The first-order valence-corrected chi connectivity index (χ1v) is 10.6. The predicted octanol–water partition coefficient (Wildman–Crippen LogP) is 5.34. The first kappa shape index (κ1) is 19.7. The van der Waals surface area contributed by atoms with Gasteiger partial charge < -0.3 is 9.73 Å². The van der Waals surface area contributed by atoms with Crippen LogP contribution >= 0.6 is 27.7 Å². The van der Waals surface area contributed by atoms with Crippen molar-refractivity contribution in [2.24, 2.45) is 0 Å². The molecule has 29 heavy (non-hydrogen) atoms. The number of fused-ring (bicyclic) bond motifs is 1. The number of halogens is 2. The van der Waals surface area contributed by atoms with Crippen LogP contribution in [0.3, 0.4) is 0 Å². The minimum atomic E-state index is -0.348. The summed E-state index contributed by atoms with van der Waals surface area (Å²) in [6, 6.07) is 13.3. The second-order valence-corrected chi connectivity index (χ2v) is 8.05. The van der Waals surface area contributed by atoms with Gasteiger partial charge in [0.2, 0.25) is 11.7 Å². The van der Waals surface area contributed by atoms with E-state index in [2.05, 4.69) is 31.4 Å². The molecule has 0 aliphatic heterocycles. The molecule has 148 valence electrons. The van der Waals surface area contributed by atoms with E-state index < -0.39 is 0 Å². The zero-order valence-corrected chi connectivity index (χ0v) is 17.8. The number of anilines is 1. The lowest BCUT2D eigenvalue weighted by Crippen LogP contribution is -2.14. The molecular formula is C20H16BrFN4O2S. The van der Waals surface area contributed by atoms with Gasteiger partial charge in [0, 0.05) is 22.1 Å². The van der Waals surface area contributed by atoms with Crippen molar-refractivity contribution in [3.8, 4) is 11.6 Å². The Hall–Kier alpha value is -2.65. The summed E-state index contributed by atoms with van der Waals surface area (Å²) in [4.78, 5) is 12.2. The highest BCUT2D eigenvalue weighted by Gasteiger charge is 2.18. The van der Waals surface area contributed by atoms with Crippen molar-refractivity contribution in [2.45, 2.75) is 18.6 Å². The molecule has 0 bridgehead atoms. The van der Waals surface area contributed by atoms with Gasteiger partial charge in [0.25, 0.3) is 0 Å². The van der Waals surface area contributed by atoms with Crippen molar-refractivity contribution in [1.82, 2.24) is 14.8 Å². The molecule has 2 aromatic heterocycles. The van der Waals surface area contributed by atoms with Crippen LogP contribution in [0.25, 0.3) is 22.6 Å². The Morgan fingerprint density at radius 3 is 2.76 bits per heavy atom. The van der Waals surface area contributed by atoms with Crippen LogP contribution < -0.4 is 5.32 Å². The van der Waals surface area contributed by atoms with Crippen molar-refractivity contribution in [2.75, 3.05) is 11.1 Å². The standard InChI is InChI=1S/C20H16BrFN4O2S/c1-2-26-19(17-10-12-9-13(21)3-8-16(12)28-17)24-25-20(26)29-11-18(27)23-15-6-4-14(22)5-7-15/h3-10H,2,11H2,1H3,(H,23,27). The van der Waals surface area contributed by atoms with Gasteiger partial charge >= 0.3 is 0 Å². The van der Waals surface area contributed by atoms with Crippen LogP contribution in [0.2, 0.25) is 0 Å². The van der Waals surface area contributed by atoms with Crippen LogP contribution in [0.1, 0.15) is 6.92 Å². The predicted molar refractivity (Wildman–Crippen MR) is 114 cm³/mol. The first-order chi connectivity index (χ1) is 14.0. The molecule has 0 saturated carbocycles. The number of hydrogen-bond acceptors (Lipinski definition) is 5. The maximum absolute atomic E-state index is 13.0. The van der Waals surface area contributed by atoms with E-state index in [1.165, 1.54) is 36.0 Å². The van der Waals surface area contributed by atoms with E-state index >= 15 is 0 Å². The molecule has 1 amide bonds. The molecule has 2 aromatic carbocycles. The highest BCUT2D eigenvalue weighted by Crippen LogP contribution is 2.30. The Kier molecular flexibility index (Phi) is 5.68. The van der Waals surface area contributed by atoms with E-state index in [1.54, 1.807) is 0 Å². The Bertz CT molecular complexity index is 1170. The molecule has 0 atom stereocenters. The highest BCUT2D eigenvalue weighted by molar-refractivity contribution is 9.10. The summed E-state index contributed by atoms with van der Waals surface area (Å²) >= 11 is 4.74. The Balaban J connectivity index is 1.49. The average molecular weight is 475 g/mol. The minimum absolute atomic E-state index is 0.155. The fourth-order valence-electron chi connectivity index (χ4n) is 2.85. The largest absolute Gasteiger partial charge is 0.453 e. The van der Waals surface area contributed by atoms with Gasteiger partial charge in [-0.15, -0.1) is 10.2 Å². The maximum Gasteiger partial charge on any atom is 0.234 e. The smallest absolute Gasteiger partial charge is 0.234 e. The SMILES string of the molecule is CCn1c(SCC(=O)Nc2ccc(F)cc2)nnc1-c1cc2cc(Br)ccc2o1.